The number of carbonyl (C=O) groups is 2. The highest BCUT2D eigenvalue weighted by Crippen LogP contribution is 2.39. The lowest BCUT2D eigenvalue weighted by Gasteiger charge is -2.19. The second-order valence-corrected chi connectivity index (χ2v) is 7.31. The predicted octanol–water partition coefficient (Wildman–Crippen LogP) is 4.10. The van der Waals surface area contributed by atoms with E-state index in [0.29, 0.717) is 22.7 Å². The number of pyridine rings is 1. The number of anilines is 1. The van der Waals surface area contributed by atoms with E-state index in [2.05, 4.69) is 15.6 Å². The zero-order valence-electron chi connectivity index (χ0n) is 14.9. The number of thioether (sulfide) groups is 1. The second-order valence-electron chi connectivity index (χ2n) is 6.23. The van der Waals surface area contributed by atoms with E-state index in [1.807, 2.05) is 54.6 Å². The Kier molecular flexibility index (Phi) is 5.21. The van der Waals surface area contributed by atoms with Crippen molar-refractivity contribution in [3.05, 3.63) is 94.7 Å². The molecule has 0 fully saturated rings. The number of aromatic nitrogens is 1. The molecule has 2 aromatic carbocycles. The van der Waals surface area contributed by atoms with E-state index in [0.717, 1.165) is 16.0 Å². The van der Waals surface area contributed by atoms with Gasteiger partial charge in [-0.1, -0.05) is 48.2 Å². The van der Waals surface area contributed by atoms with Crippen molar-refractivity contribution in [3.63, 3.8) is 0 Å². The molecule has 28 heavy (non-hydrogen) atoms. The van der Waals surface area contributed by atoms with Gasteiger partial charge >= 0.3 is 0 Å². The minimum atomic E-state index is -0.198. The molecule has 0 saturated carbocycles. The summed E-state index contributed by atoms with van der Waals surface area (Å²) in [6.07, 6.45) is 5.26. The summed E-state index contributed by atoms with van der Waals surface area (Å²) in [5.74, 6) is -0.370. The smallest absolute Gasteiger partial charge is 0.262 e. The number of nitrogens with one attached hydrogen (secondary N) is 2. The Labute approximate surface area is 166 Å². The predicted molar refractivity (Wildman–Crippen MR) is 111 cm³/mol. The lowest BCUT2D eigenvalue weighted by molar-refractivity contribution is -0.112. The molecule has 2 N–H and O–H groups in total. The van der Waals surface area contributed by atoms with Crippen LogP contribution in [0.4, 0.5) is 5.69 Å². The number of fused-ring (bicyclic) bond motifs is 1. The monoisotopic (exact) mass is 387 g/mol. The van der Waals surface area contributed by atoms with Gasteiger partial charge in [-0.25, -0.2) is 0 Å². The minimum absolute atomic E-state index is 0.172. The van der Waals surface area contributed by atoms with Crippen LogP contribution in [0.5, 0.6) is 0 Å². The normalized spacial score (nSPS) is 14.3. The lowest BCUT2D eigenvalue weighted by Crippen LogP contribution is -2.24. The van der Waals surface area contributed by atoms with Crippen molar-refractivity contribution < 1.29 is 9.59 Å². The Morgan fingerprint density at radius 1 is 1.11 bits per heavy atom. The van der Waals surface area contributed by atoms with Crippen molar-refractivity contribution in [2.75, 3.05) is 5.32 Å². The standard InChI is InChI=1S/C22H17N3O2S/c26-21(24-14-16-7-4-10-23-13-16)17-8-9-19-18(12-17)25-22(27)20(28-19)11-15-5-2-1-3-6-15/h1-13H,14H2,(H,24,26)(H,25,27). The third kappa shape index (κ3) is 4.13. The molecule has 138 valence electrons. The van der Waals surface area contributed by atoms with Crippen molar-refractivity contribution in [2.24, 2.45) is 0 Å². The maximum Gasteiger partial charge on any atom is 0.262 e. The van der Waals surface area contributed by atoms with Crippen LogP contribution in [0.3, 0.4) is 0 Å². The Hall–Kier alpha value is -3.38. The number of hydrogen-bond donors (Lipinski definition) is 2. The van der Waals surface area contributed by atoms with Gasteiger partial charge in [0, 0.05) is 29.4 Å². The molecule has 0 radical (unpaired) electrons. The Bertz CT molecular complexity index is 1050. The molecule has 0 bridgehead atoms. The van der Waals surface area contributed by atoms with E-state index >= 15 is 0 Å². The summed E-state index contributed by atoms with van der Waals surface area (Å²) < 4.78 is 0. The number of nitrogens with zero attached hydrogens (tertiary/aromatic N) is 1. The zero-order valence-corrected chi connectivity index (χ0v) is 15.7. The summed E-state index contributed by atoms with van der Waals surface area (Å²) >= 11 is 1.40. The molecule has 0 atom stereocenters. The average Bonchev–Trinajstić information content (AvgIpc) is 2.74. The Morgan fingerprint density at radius 2 is 1.96 bits per heavy atom. The molecular weight excluding hydrogens is 370 g/mol. The number of benzene rings is 2. The first-order valence-corrected chi connectivity index (χ1v) is 9.58. The minimum Gasteiger partial charge on any atom is -0.348 e. The summed E-state index contributed by atoms with van der Waals surface area (Å²) in [5, 5.41) is 5.75. The van der Waals surface area contributed by atoms with Crippen LogP contribution >= 0.6 is 11.8 Å². The molecule has 4 rings (SSSR count). The van der Waals surface area contributed by atoms with Crippen molar-refractivity contribution in [3.8, 4) is 0 Å². The Morgan fingerprint density at radius 3 is 2.75 bits per heavy atom. The number of amides is 2. The summed E-state index contributed by atoms with van der Waals surface area (Å²) in [6.45, 7) is 0.398. The Balaban J connectivity index is 1.49. The molecule has 1 aliphatic rings. The van der Waals surface area contributed by atoms with Gasteiger partial charge in [0.2, 0.25) is 0 Å². The maximum atomic E-state index is 12.4. The third-order valence-corrected chi connectivity index (χ3v) is 5.31. The SMILES string of the molecule is O=C1Nc2cc(C(=O)NCc3cccnc3)ccc2SC1=Cc1ccccc1. The van der Waals surface area contributed by atoms with E-state index in [1.54, 1.807) is 24.5 Å². The topological polar surface area (TPSA) is 71.1 Å². The van der Waals surface area contributed by atoms with Gasteiger partial charge < -0.3 is 10.6 Å². The molecule has 2 amide bonds. The highest BCUT2D eigenvalue weighted by molar-refractivity contribution is 8.04. The summed E-state index contributed by atoms with van der Waals surface area (Å²) in [7, 11) is 0. The first-order chi connectivity index (χ1) is 13.7. The lowest BCUT2D eigenvalue weighted by atomic mass is 10.1. The van der Waals surface area contributed by atoms with Crippen LogP contribution in [0.2, 0.25) is 0 Å². The first kappa shape index (κ1) is 18.0. The van der Waals surface area contributed by atoms with Crippen LogP contribution in [0, 0.1) is 0 Å². The number of hydrogen-bond acceptors (Lipinski definition) is 4. The molecule has 3 aromatic rings. The van der Waals surface area contributed by atoms with Crippen LogP contribution in [0.15, 0.2) is 82.9 Å². The molecule has 1 aromatic heterocycles. The summed E-state index contributed by atoms with van der Waals surface area (Å²) in [4.78, 5) is 30.4. The fourth-order valence-corrected chi connectivity index (χ4v) is 3.72. The van der Waals surface area contributed by atoms with Crippen LogP contribution in [-0.4, -0.2) is 16.8 Å². The largest absolute Gasteiger partial charge is 0.348 e. The van der Waals surface area contributed by atoms with Crippen molar-refractivity contribution in [1.29, 1.82) is 0 Å². The molecule has 0 saturated heterocycles. The van der Waals surface area contributed by atoms with Gasteiger partial charge in [0.25, 0.3) is 11.8 Å². The quantitative estimate of drug-likeness (QED) is 0.662. The average molecular weight is 387 g/mol. The number of carbonyl (C=O) groups excluding carboxylic acids is 2. The number of rotatable bonds is 4. The van der Waals surface area contributed by atoms with E-state index in [9.17, 15) is 9.59 Å². The van der Waals surface area contributed by atoms with Crippen LogP contribution in [-0.2, 0) is 11.3 Å². The summed E-state index contributed by atoms with van der Waals surface area (Å²) in [6, 6.07) is 18.8. The molecule has 0 spiro atoms. The van der Waals surface area contributed by atoms with E-state index in [4.69, 9.17) is 0 Å². The van der Waals surface area contributed by atoms with Crippen LogP contribution in [0.25, 0.3) is 6.08 Å². The molecular formula is C22H17N3O2S. The van der Waals surface area contributed by atoms with E-state index in [-0.39, 0.29) is 11.8 Å². The molecule has 6 heteroatoms. The van der Waals surface area contributed by atoms with E-state index in [1.165, 1.54) is 11.8 Å². The van der Waals surface area contributed by atoms with Gasteiger partial charge in [-0.15, -0.1) is 0 Å². The van der Waals surface area contributed by atoms with Crippen molar-refractivity contribution >= 4 is 35.3 Å². The highest BCUT2D eigenvalue weighted by atomic mass is 32.2. The second kappa shape index (κ2) is 8.10. The molecule has 1 aliphatic heterocycles. The van der Waals surface area contributed by atoms with Gasteiger partial charge in [-0.3, -0.25) is 14.6 Å². The van der Waals surface area contributed by atoms with Crippen LogP contribution < -0.4 is 10.6 Å². The van der Waals surface area contributed by atoms with Crippen LogP contribution in [0.1, 0.15) is 21.5 Å². The van der Waals surface area contributed by atoms with Gasteiger partial charge in [0.1, 0.15) is 0 Å². The third-order valence-electron chi connectivity index (χ3n) is 4.21. The van der Waals surface area contributed by atoms with Crippen molar-refractivity contribution in [2.45, 2.75) is 11.4 Å². The fraction of sp³-hybridized carbons (Fsp3) is 0.0455. The highest BCUT2D eigenvalue weighted by Gasteiger charge is 2.22. The van der Waals surface area contributed by atoms with Gasteiger partial charge in [0.15, 0.2) is 0 Å². The molecule has 0 unspecified atom stereocenters. The van der Waals surface area contributed by atoms with E-state index < -0.39 is 0 Å². The zero-order chi connectivity index (χ0) is 19.3. The van der Waals surface area contributed by atoms with Gasteiger partial charge in [0.05, 0.1) is 10.6 Å². The molecule has 5 nitrogen and oxygen atoms in total. The van der Waals surface area contributed by atoms with Crippen molar-refractivity contribution in [1.82, 2.24) is 10.3 Å². The maximum absolute atomic E-state index is 12.4. The molecule has 0 aliphatic carbocycles. The summed E-state index contributed by atoms with van der Waals surface area (Å²) in [5.41, 5.74) is 3.04. The first-order valence-electron chi connectivity index (χ1n) is 8.76. The fourth-order valence-electron chi connectivity index (χ4n) is 2.79. The van der Waals surface area contributed by atoms with Gasteiger partial charge in [-0.2, -0.15) is 0 Å². The molecule has 2 heterocycles. The van der Waals surface area contributed by atoms with Gasteiger partial charge in [-0.05, 0) is 41.5 Å².